The topological polar surface area (TPSA) is 93.0 Å². The number of hydrogen-bond acceptors (Lipinski definition) is 5. The lowest BCUT2D eigenvalue weighted by atomic mass is 10.2. The quantitative estimate of drug-likeness (QED) is 0.654. The van der Waals surface area contributed by atoms with E-state index in [1.807, 2.05) is 6.07 Å². The Balaban J connectivity index is 1.42. The predicted molar refractivity (Wildman–Crippen MR) is 88.1 cm³/mol. The minimum Gasteiger partial charge on any atom is -0.364 e. The third-order valence-electron chi connectivity index (χ3n) is 3.54. The maximum atomic E-state index is 13.1. The summed E-state index contributed by atoms with van der Waals surface area (Å²) in [6.07, 6.45) is 1.84. The molecule has 0 radical (unpaired) electrons. The summed E-state index contributed by atoms with van der Waals surface area (Å²) in [6, 6.07) is 6.12. The lowest BCUT2D eigenvalue weighted by Crippen LogP contribution is -2.26. The number of ether oxygens (including phenoxy) is 1. The summed E-state index contributed by atoms with van der Waals surface area (Å²) < 4.78 is 23.6. The minimum atomic E-state index is -0.336. The van der Waals surface area contributed by atoms with Gasteiger partial charge in [0.05, 0.1) is 23.3 Å². The summed E-state index contributed by atoms with van der Waals surface area (Å²) in [5, 5.41) is 6.61. The Bertz CT molecular complexity index is 859. The molecule has 0 atom stereocenters. The van der Waals surface area contributed by atoms with E-state index in [0.717, 1.165) is 18.5 Å². The number of carbonyl (C=O) groups is 1. The molecule has 0 saturated carbocycles. The van der Waals surface area contributed by atoms with E-state index < -0.39 is 0 Å². The number of nitrogens with one attached hydrogen (secondary N) is 2. The molecule has 2 N–H and O–H groups in total. The highest BCUT2D eigenvalue weighted by molar-refractivity contribution is 5.77. The number of H-pyrrole nitrogens is 1. The molecule has 3 rings (SSSR count). The van der Waals surface area contributed by atoms with Crippen molar-refractivity contribution >= 4 is 16.9 Å². The molecule has 0 spiro atoms. The van der Waals surface area contributed by atoms with Crippen LogP contribution in [-0.4, -0.2) is 27.6 Å². The van der Waals surface area contributed by atoms with Crippen LogP contribution in [0.4, 0.5) is 4.39 Å². The molecule has 132 valence electrons. The summed E-state index contributed by atoms with van der Waals surface area (Å²) >= 11 is 0. The first-order chi connectivity index (χ1) is 12.1. The minimum absolute atomic E-state index is 0.110. The van der Waals surface area contributed by atoms with Gasteiger partial charge in [0.2, 0.25) is 5.91 Å². The van der Waals surface area contributed by atoms with Crippen LogP contribution in [-0.2, 0) is 29.1 Å². The number of fused-ring (bicyclic) bond motifs is 1. The van der Waals surface area contributed by atoms with Crippen molar-refractivity contribution in [1.82, 2.24) is 20.4 Å². The van der Waals surface area contributed by atoms with Gasteiger partial charge in [0.15, 0.2) is 5.76 Å². The molecule has 0 unspecified atom stereocenters. The molecule has 1 aromatic carbocycles. The standard InChI is InChI=1S/C17H19FN4O3/c1-2-3-12-7-13(25-22-12)8-19-17(23)10-24-9-16-20-14-5-4-11(18)6-15(14)21-16/h4-7H,2-3,8-10H2,1H3,(H,19,23)(H,20,21). The van der Waals surface area contributed by atoms with Gasteiger partial charge in [0, 0.05) is 6.07 Å². The van der Waals surface area contributed by atoms with Crippen LogP contribution in [0.5, 0.6) is 0 Å². The van der Waals surface area contributed by atoms with Crippen LogP contribution in [0.2, 0.25) is 0 Å². The van der Waals surface area contributed by atoms with Gasteiger partial charge in [-0.25, -0.2) is 9.37 Å². The predicted octanol–water partition coefficient (Wildman–Crippen LogP) is 2.48. The number of halogens is 1. The zero-order valence-electron chi connectivity index (χ0n) is 13.8. The molecule has 0 aliphatic heterocycles. The van der Waals surface area contributed by atoms with Gasteiger partial charge in [-0.05, 0) is 24.6 Å². The highest BCUT2D eigenvalue weighted by atomic mass is 19.1. The van der Waals surface area contributed by atoms with Crippen molar-refractivity contribution in [3.63, 3.8) is 0 Å². The van der Waals surface area contributed by atoms with Crippen molar-refractivity contribution < 1.29 is 18.4 Å². The second-order valence-corrected chi connectivity index (χ2v) is 5.65. The third-order valence-corrected chi connectivity index (χ3v) is 3.54. The largest absolute Gasteiger partial charge is 0.364 e. The van der Waals surface area contributed by atoms with Crippen molar-refractivity contribution in [2.75, 3.05) is 6.61 Å². The number of aryl methyl sites for hydroxylation is 1. The molecule has 1 amide bonds. The van der Waals surface area contributed by atoms with Crippen molar-refractivity contribution in [2.24, 2.45) is 0 Å². The lowest BCUT2D eigenvalue weighted by molar-refractivity contribution is -0.126. The summed E-state index contributed by atoms with van der Waals surface area (Å²) in [7, 11) is 0. The molecule has 3 aromatic rings. The number of imidazole rings is 1. The number of aromatic amines is 1. The molecular weight excluding hydrogens is 327 g/mol. The Labute approximate surface area is 143 Å². The Morgan fingerprint density at radius 1 is 1.40 bits per heavy atom. The van der Waals surface area contributed by atoms with Gasteiger partial charge in [-0.1, -0.05) is 18.5 Å². The van der Waals surface area contributed by atoms with Gasteiger partial charge >= 0.3 is 0 Å². The van der Waals surface area contributed by atoms with E-state index in [2.05, 4.69) is 27.4 Å². The molecular formula is C17H19FN4O3. The van der Waals surface area contributed by atoms with Crippen LogP contribution in [0.15, 0.2) is 28.8 Å². The first kappa shape index (κ1) is 17.1. The number of hydrogen-bond donors (Lipinski definition) is 2. The van der Waals surface area contributed by atoms with Crippen LogP contribution in [0.3, 0.4) is 0 Å². The van der Waals surface area contributed by atoms with Crippen molar-refractivity contribution in [2.45, 2.75) is 32.9 Å². The number of aromatic nitrogens is 3. The fourth-order valence-electron chi connectivity index (χ4n) is 2.39. The molecule has 0 fully saturated rings. The van der Waals surface area contributed by atoms with Gasteiger partial charge in [0.25, 0.3) is 0 Å². The molecule has 0 aliphatic carbocycles. The summed E-state index contributed by atoms with van der Waals surface area (Å²) in [4.78, 5) is 19.0. The Hall–Kier alpha value is -2.74. The third kappa shape index (κ3) is 4.63. The highest BCUT2D eigenvalue weighted by Crippen LogP contribution is 2.13. The summed E-state index contributed by atoms with van der Waals surface area (Å²) in [5.41, 5.74) is 2.12. The monoisotopic (exact) mass is 346 g/mol. The fraction of sp³-hybridized carbons (Fsp3) is 0.353. The zero-order valence-corrected chi connectivity index (χ0v) is 13.8. The number of carbonyl (C=O) groups excluding carboxylic acids is 1. The van der Waals surface area contributed by atoms with Gasteiger partial charge in [0.1, 0.15) is 24.9 Å². The second kappa shape index (κ2) is 7.89. The summed E-state index contributed by atoms with van der Waals surface area (Å²) in [5.74, 6) is 0.539. The van der Waals surface area contributed by atoms with E-state index in [0.29, 0.717) is 22.6 Å². The average Bonchev–Trinajstić information content (AvgIpc) is 3.19. The van der Waals surface area contributed by atoms with Crippen molar-refractivity contribution in [3.8, 4) is 0 Å². The second-order valence-electron chi connectivity index (χ2n) is 5.65. The molecule has 0 aliphatic rings. The van der Waals surface area contributed by atoms with E-state index in [-0.39, 0.29) is 31.5 Å². The number of amides is 1. The number of rotatable bonds is 8. The van der Waals surface area contributed by atoms with Crippen LogP contribution in [0.25, 0.3) is 11.0 Å². The molecule has 2 heterocycles. The molecule has 0 saturated heterocycles. The normalized spacial score (nSPS) is 11.1. The highest BCUT2D eigenvalue weighted by Gasteiger charge is 2.08. The summed E-state index contributed by atoms with van der Waals surface area (Å²) in [6.45, 7) is 2.35. The Morgan fingerprint density at radius 2 is 2.28 bits per heavy atom. The number of nitrogens with zero attached hydrogens (tertiary/aromatic N) is 2. The van der Waals surface area contributed by atoms with Gasteiger partial charge in [-0.15, -0.1) is 0 Å². The van der Waals surface area contributed by atoms with E-state index in [1.165, 1.54) is 12.1 Å². The van der Waals surface area contributed by atoms with Gasteiger partial charge < -0.3 is 19.6 Å². The van der Waals surface area contributed by atoms with E-state index >= 15 is 0 Å². The molecule has 7 nitrogen and oxygen atoms in total. The van der Waals surface area contributed by atoms with E-state index in [9.17, 15) is 9.18 Å². The molecule has 2 aromatic heterocycles. The first-order valence-corrected chi connectivity index (χ1v) is 8.07. The molecule has 8 heteroatoms. The Morgan fingerprint density at radius 3 is 3.12 bits per heavy atom. The Kier molecular flexibility index (Phi) is 5.39. The van der Waals surface area contributed by atoms with E-state index in [4.69, 9.17) is 9.26 Å². The van der Waals surface area contributed by atoms with Crippen LogP contribution < -0.4 is 5.32 Å². The lowest BCUT2D eigenvalue weighted by Gasteiger charge is -2.03. The van der Waals surface area contributed by atoms with Crippen LogP contribution in [0, 0.1) is 5.82 Å². The van der Waals surface area contributed by atoms with Gasteiger partial charge in [-0.3, -0.25) is 4.79 Å². The smallest absolute Gasteiger partial charge is 0.246 e. The fourth-order valence-corrected chi connectivity index (χ4v) is 2.39. The number of benzene rings is 1. The van der Waals surface area contributed by atoms with Crippen LogP contribution >= 0.6 is 0 Å². The molecule has 25 heavy (non-hydrogen) atoms. The maximum Gasteiger partial charge on any atom is 0.246 e. The molecule has 0 bridgehead atoms. The average molecular weight is 346 g/mol. The zero-order chi connectivity index (χ0) is 17.6. The van der Waals surface area contributed by atoms with Crippen molar-refractivity contribution in [3.05, 3.63) is 47.4 Å². The van der Waals surface area contributed by atoms with Gasteiger partial charge in [-0.2, -0.15) is 0 Å². The SMILES string of the molecule is CCCc1cc(CNC(=O)COCc2nc3ccc(F)cc3[nH]2)on1. The van der Waals surface area contributed by atoms with Crippen molar-refractivity contribution in [1.29, 1.82) is 0 Å². The maximum absolute atomic E-state index is 13.1. The van der Waals surface area contributed by atoms with Crippen LogP contribution in [0.1, 0.15) is 30.6 Å². The first-order valence-electron chi connectivity index (χ1n) is 8.07. The van der Waals surface area contributed by atoms with E-state index in [1.54, 1.807) is 6.07 Å².